The van der Waals surface area contributed by atoms with Crippen LogP contribution in [-0.4, -0.2) is 49.6 Å². The van der Waals surface area contributed by atoms with Crippen molar-refractivity contribution in [2.45, 2.75) is 106 Å². The maximum Gasteiger partial charge on any atom is 0.125 e. The van der Waals surface area contributed by atoms with E-state index in [1.165, 1.54) is 5.57 Å². The summed E-state index contributed by atoms with van der Waals surface area (Å²) in [6.45, 7) is 21.2. The molecular formula is C39H57FN2O3. The van der Waals surface area contributed by atoms with Gasteiger partial charge in [-0.15, -0.1) is 0 Å². The Hall–Kier alpha value is -3.38. The number of aldehydes is 1. The van der Waals surface area contributed by atoms with Gasteiger partial charge in [0.25, 0.3) is 0 Å². The molecule has 0 bridgehead atoms. The van der Waals surface area contributed by atoms with Crippen molar-refractivity contribution in [1.29, 1.82) is 0 Å². The summed E-state index contributed by atoms with van der Waals surface area (Å²) < 4.78 is 26.4. The molecule has 3 rings (SSSR count). The van der Waals surface area contributed by atoms with Crippen molar-refractivity contribution >= 4 is 12.0 Å². The second-order valence-corrected chi connectivity index (χ2v) is 11.8. The van der Waals surface area contributed by atoms with Crippen molar-refractivity contribution in [2.75, 3.05) is 31.5 Å². The van der Waals surface area contributed by atoms with Gasteiger partial charge in [0.05, 0.1) is 6.10 Å². The summed E-state index contributed by atoms with van der Waals surface area (Å²) in [5.41, 5.74) is 7.21. The topological polar surface area (TPSA) is 50.8 Å². The highest BCUT2D eigenvalue weighted by atomic mass is 19.1. The average Bonchev–Trinajstić information content (AvgIpc) is 3.24. The van der Waals surface area contributed by atoms with E-state index in [0.717, 1.165) is 91.1 Å². The van der Waals surface area contributed by atoms with E-state index in [1.54, 1.807) is 0 Å². The molecular weight excluding hydrogens is 563 g/mol. The van der Waals surface area contributed by atoms with Crippen LogP contribution in [0.4, 0.5) is 10.1 Å². The summed E-state index contributed by atoms with van der Waals surface area (Å²) in [5.74, 6) is 1.93. The van der Waals surface area contributed by atoms with E-state index in [4.69, 9.17) is 9.47 Å². The molecule has 6 heteroatoms. The van der Waals surface area contributed by atoms with E-state index >= 15 is 0 Å². The summed E-state index contributed by atoms with van der Waals surface area (Å²) in [7, 11) is 0. The Bertz CT molecular complexity index is 1250. The number of halogens is 1. The SMILES string of the molecule is C=C/C(C)=C(OC1CCN(CC2=CC=C(CNc3ccc(CCCC=O)c(CF)c3)C=C(OC(C)C)C2)CC1)\C(C)=C/C.CC. The number of anilines is 1. The fourth-order valence-corrected chi connectivity index (χ4v) is 5.45. The predicted octanol–water partition coefficient (Wildman–Crippen LogP) is 9.59. The number of hydrogen-bond acceptors (Lipinski definition) is 5. The van der Waals surface area contributed by atoms with Crippen LogP contribution in [0, 0.1) is 0 Å². The van der Waals surface area contributed by atoms with Gasteiger partial charge in [-0.2, -0.15) is 0 Å². The van der Waals surface area contributed by atoms with Crippen LogP contribution in [-0.2, 0) is 27.4 Å². The van der Waals surface area contributed by atoms with Gasteiger partial charge in [0.1, 0.15) is 30.6 Å². The monoisotopic (exact) mass is 620 g/mol. The third kappa shape index (κ3) is 12.9. The Morgan fingerprint density at radius 3 is 2.51 bits per heavy atom. The molecule has 0 amide bonds. The number of nitrogens with zero attached hydrogens (tertiary/aromatic N) is 1. The highest BCUT2D eigenvalue weighted by Gasteiger charge is 2.23. The lowest BCUT2D eigenvalue weighted by molar-refractivity contribution is -0.107. The van der Waals surface area contributed by atoms with Crippen LogP contribution in [0.2, 0.25) is 0 Å². The highest BCUT2D eigenvalue weighted by Crippen LogP contribution is 2.27. The maximum atomic E-state index is 13.7. The number of benzene rings is 1. The number of alkyl halides is 1. The molecule has 2 aliphatic rings. The second-order valence-electron chi connectivity index (χ2n) is 11.8. The molecule has 1 fully saturated rings. The van der Waals surface area contributed by atoms with Crippen LogP contribution in [0.5, 0.6) is 0 Å². The Kier molecular flexibility index (Phi) is 17.3. The number of rotatable bonds is 16. The molecule has 1 aromatic rings. The smallest absolute Gasteiger partial charge is 0.125 e. The normalized spacial score (nSPS) is 16.7. The summed E-state index contributed by atoms with van der Waals surface area (Å²) >= 11 is 0. The minimum Gasteiger partial charge on any atom is -0.495 e. The minimum absolute atomic E-state index is 0.0912. The Labute approximate surface area is 272 Å². The predicted molar refractivity (Wildman–Crippen MR) is 188 cm³/mol. The molecule has 1 heterocycles. The third-order valence-electron chi connectivity index (χ3n) is 7.98. The molecule has 0 aromatic heterocycles. The molecule has 1 aliphatic heterocycles. The molecule has 0 radical (unpaired) electrons. The first kappa shape index (κ1) is 37.8. The Balaban J connectivity index is 0.00000345. The Morgan fingerprint density at radius 2 is 1.89 bits per heavy atom. The van der Waals surface area contributed by atoms with Gasteiger partial charge in [-0.3, -0.25) is 4.90 Å². The quantitative estimate of drug-likeness (QED) is 0.0863. The van der Waals surface area contributed by atoms with Crippen molar-refractivity contribution in [3.05, 3.63) is 100 Å². The summed E-state index contributed by atoms with van der Waals surface area (Å²) in [5, 5.41) is 3.47. The number of ether oxygens (including phenoxy) is 2. The van der Waals surface area contributed by atoms with Crippen molar-refractivity contribution < 1.29 is 18.7 Å². The van der Waals surface area contributed by atoms with Gasteiger partial charge in [0.15, 0.2) is 0 Å². The van der Waals surface area contributed by atoms with Crippen LogP contribution < -0.4 is 5.32 Å². The van der Waals surface area contributed by atoms with E-state index in [2.05, 4.69) is 68.8 Å². The fraction of sp³-hybridized carbons (Fsp3) is 0.513. The first-order chi connectivity index (χ1) is 21.8. The molecule has 0 atom stereocenters. The molecule has 1 aromatic carbocycles. The molecule has 0 saturated carbocycles. The van der Waals surface area contributed by atoms with Gasteiger partial charge >= 0.3 is 0 Å². The van der Waals surface area contributed by atoms with Crippen molar-refractivity contribution in [2.24, 2.45) is 0 Å². The second kappa shape index (κ2) is 20.6. The number of allylic oxidation sites excluding steroid dienone is 7. The number of nitrogens with one attached hydrogen (secondary N) is 1. The molecule has 45 heavy (non-hydrogen) atoms. The summed E-state index contributed by atoms with van der Waals surface area (Å²) in [6.07, 6.45) is 16.4. The number of aryl methyl sites for hydroxylation is 1. The van der Waals surface area contributed by atoms with Crippen molar-refractivity contribution in [3.63, 3.8) is 0 Å². The summed E-state index contributed by atoms with van der Waals surface area (Å²) in [4.78, 5) is 13.2. The number of carbonyl (C=O) groups excluding carboxylic acids is 1. The third-order valence-corrected chi connectivity index (χ3v) is 7.98. The highest BCUT2D eigenvalue weighted by molar-refractivity contribution is 5.51. The summed E-state index contributed by atoms with van der Waals surface area (Å²) in [6, 6.07) is 5.85. The first-order valence-corrected chi connectivity index (χ1v) is 16.7. The van der Waals surface area contributed by atoms with Gasteiger partial charge in [0, 0.05) is 44.7 Å². The lowest BCUT2D eigenvalue weighted by atomic mass is 10.0. The number of carbonyl (C=O) groups is 1. The van der Waals surface area contributed by atoms with Gasteiger partial charge < -0.3 is 19.6 Å². The lowest BCUT2D eigenvalue weighted by Crippen LogP contribution is -2.38. The van der Waals surface area contributed by atoms with E-state index in [1.807, 2.05) is 45.0 Å². The van der Waals surface area contributed by atoms with E-state index in [9.17, 15) is 9.18 Å². The molecule has 0 spiro atoms. The maximum absolute atomic E-state index is 13.7. The zero-order chi connectivity index (χ0) is 33.2. The zero-order valence-electron chi connectivity index (χ0n) is 28.9. The van der Waals surface area contributed by atoms with Crippen LogP contribution in [0.3, 0.4) is 0 Å². The lowest BCUT2D eigenvalue weighted by Gasteiger charge is -2.33. The molecule has 1 saturated heterocycles. The molecule has 0 unspecified atom stereocenters. The van der Waals surface area contributed by atoms with Crippen LogP contribution in [0.15, 0.2) is 89.0 Å². The average molecular weight is 621 g/mol. The van der Waals surface area contributed by atoms with E-state index in [0.29, 0.717) is 24.9 Å². The molecule has 1 aliphatic carbocycles. The van der Waals surface area contributed by atoms with Gasteiger partial charge in [-0.1, -0.05) is 50.8 Å². The van der Waals surface area contributed by atoms with Crippen LogP contribution in [0.1, 0.15) is 91.7 Å². The Morgan fingerprint density at radius 1 is 1.16 bits per heavy atom. The molecule has 5 nitrogen and oxygen atoms in total. The van der Waals surface area contributed by atoms with Gasteiger partial charge in [-0.05, 0) is 112 Å². The largest absolute Gasteiger partial charge is 0.495 e. The van der Waals surface area contributed by atoms with Crippen molar-refractivity contribution in [3.8, 4) is 0 Å². The zero-order valence-corrected chi connectivity index (χ0v) is 28.9. The molecule has 248 valence electrons. The molecule has 1 N–H and O–H groups in total. The number of likely N-dealkylation sites (tertiary alicyclic amines) is 1. The van der Waals surface area contributed by atoms with Crippen LogP contribution in [0.25, 0.3) is 0 Å². The van der Waals surface area contributed by atoms with Crippen molar-refractivity contribution in [1.82, 2.24) is 4.90 Å². The number of unbranched alkanes of at least 4 members (excludes halogenated alkanes) is 1. The van der Waals surface area contributed by atoms with Gasteiger partial charge in [-0.25, -0.2) is 4.39 Å². The van der Waals surface area contributed by atoms with Gasteiger partial charge in [0.2, 0.25) is 0 Å². The van der Waals surface area contributed by atoms with E-state index < -0.39 is 6.67 Å². The number of hydrogen-bond donors (Lipinski definition) is 1. The minimum atomic E-state index is -0.516. The van der Waals surface area contributed by atoms with E-state index in [-0.39, 0.29) is 12.2 Å². The standard InChI is InChI=1S/C37H51FN2O3.C2H6/c1-7-28(5)37(29(6)8-2)43-35-16-18-40(19-17-35)26-31-13-12-30(21-36(22-31)42-27(3)4)25-39-34-15-14-32(11-9-10-20-41)33(23-34)24-38;1-2/h7-8,12-15,20-21,23,27,35,39H,1,9-11,16-19,22,24-26H2,2-6H3;1-2H3/b29-8-,37-28+;. The van der Waals surface area contributed by atoms with Crippen LogP contribution >= 0.6 is 0 Å². The fourth-order valence-electron chi connectivity index (χ4n) is 5.45. The number of piperidine rings is 1. The first-order valence-electron chi connectivity index (χ1n) is 16.7.